The molecular weight excluding hydrogens is 509 g/mol. The van der Waals surface area contributed by atoms with Crippen molar-refractivity contribution < 1.29 is 26.9 Å². The Hall–Kier alpha value is -3.91. The third kappa shape index (κ3) is 4.53. The van der Waals surface area contributed by atoms with E-state index in [1.165, 1.54) is 11.3 Å². The van der Waals surface area contributed by atoms with Gasteiger partial charge in [-0.15, -0.1) is 10.2 Å². The molecule has 192 valence electrons. The Bertz CT molecular complexity index is 1700. The summed E-state index contributed by atoms with van der Waals surface area (Å²) in [7, 11) is 0. The van der Waals surface area contributed by atoms with Crippen molar-refractivity contribution in [2.45, 2.75) is 32.1 Å². The summed E-state index contributed by atoms with van der Waals surface area (Å²) in [6, 6.07) is 1.08. The van der Waals surface area contributed by atoms with E-state index in [9.17, 15) is 14.0 Å². The number of ether oxygens (including phenoxy) is 1. The molecular formula is C23H20FN5O7S. The van der Waals surface area contributed by atoms with E-state index in [-0.39, 0.29) is 17.1 Å². The average Bonchev–Trinajstić information content (AvgIpc) is 3.63. The van der Waals surface area contributed by atoms with Crippen LogP contribution in [0.4, 0.5) is 4.39 Å². The minimum absolute atomic E-state index is 0.0155. The molecule has 0 spiro atoms. The number of aryl methyl sites for hydroxylation is 1. The predicted molar refractivity (Wildman–Crippen MR) is 127 cm³/mol. The van der Waals surface area contributed by atoms with Crippen LogP contribution in [0.15, 0.2) is 38.8 Å². The highest BCUT2D eigenvalue weighted by Gasteiger charge is 2.28. The summed E-state index contributed by atoms with van der Waals surface area (Å²) in [6.45, 7) is 4.72. The number of rotatable bonds is 7. The molecule has 1 aliphatic rings. The van der Waals surface area contributed by atoms with Gasteiger partial charge in [-0.2, -0.15) is 4.98 Å². The Kier molecular flexibility index (Phi) is 6.04. The van der Waals surface area contributed by atoms with E-state index < -0.39 is 22.7 Å². The van der Waals surface area contributed by atoms with Crippen molar-refractivity contribution in [3.05, 3.63) is 49.7 Å². The second kappa shape index (κ2) is 9.52. The molecule has 0 unspecified atom stereocenters. The number of benzene rings is 1. The van der Waals surface area contributed by atoms with Crippen molar-refractivity contribution in [3.8, 4) is 16.8 Å². The molecule has 0 amide bonds. The molecule has 0 atom stereocenters. The topological polar surface area (TPSA) is 151 Å². The third-order valence-corrected chi connectivity index (χ3v) is 7.01. The molecule has 37 heavy (non-hydrogen) atoms. The minimum Gasteiger partial charge on any atom is -0.470 e. The van der Waals surface area contributed by atoms with Crippen molar-refractivity contribution in [3.63, 3.8) is 0 Å². The number of hydrogen-bond acceptors (Lipinski definition) is 13. The number of piperidine rings is 1. The SMILES string of the molecule is Cc1nnc(-c2csc(OCCCN3CCC(c4noc5cc(F)c6oc(=O)c(=O)oc6c45)CC3)n2)o1. The summed E-state index contributed by atoms with van der Waals surface area (Å²) in [5, 5.41) is 14.6. The molecule has 1 saturated heterocycles. The van der Waals surface area contributed by atoms with E-state index in [0.29, 0.717) is 40.4 Å². The lowest BCUT2D eigenvalue weighted by Gasteiger charge is -2.31. The van der Waals surface area contributed by atoms with Gasteiger partial charge in [0.05, 0.1) is 17.7 Å². The van der Waals surface area contributed by atoms with Gasteiger partial charge in [0, 0.05) is 30.8 Å². The highest BCUT2D eigenvalue weighted by Crippen LogP contribution is 2.36. The zero-order valence-electron chi connectivity index (χ0n) is 19.6. The van der Waals surface area contributed by atoms with Gasteiger partial charge in [-0.1, -0.05) is 16.5 Å². The first-order valence-electron chi connectivity index (χ1n) is 11.6. The second-order valence-corrected chi connectivity index (χ2v) is 9.50. The van der Waals surface area contributed by atoms with Crippen LogP contribution in [0.2, 0.25) is 0 Å². The fourth-order valence-corrected chi connectivity index (χ4v) is 5.15. The first-order chi connectivity index (χ1) is 18.0. The monoisotopic (exact) mass is 529 g/mol. The third-order valence-electron chi connectivity index (χ3n) is 6.26. The molecule has 4 aromatic heterocycles. The van der Waals surface area contributed by atoms with Crippen LogP contribution < -0.4 is 16.0 Å². The Morgan fingerprint density at radius 1 is 1.14 bits per heavy atom. The van der Waals surface area contributed by atoms with Crippen molar-refractivity contribution in [2.24, 2.45) is 0 Å². The summed E-state index contributed by atoms with van der Waals surface area (Å²) in [6.07, 6.45) is 2.38. The summed E-state index contributed by atoms with van der Waals surface area (Å²) >= 11 is 1.38. The largest absolute Gasteiger partial charge is 0.470 e. The Morgan fingerprint density at radius 3 is 2.68 bits per heavy atom. The second-order valence-electron chi connectivity index (χ2n) is 8.68. The smallest absolute Gasteiger partial charge is 0.423 e. The van der Waals surface area contributed by atoms with Crippen LogP contribution in [-0.2, 0) is 0 Å². The van der Waals surface area contributed by atoms with Crippen LogP contribution >= 0.6 is 11.3 Å². The van der Waals surface area contributed by atoms with Gasteiger partial charge in [0.2, 0.25) is 11.5 Å². The number of likely N-dealkylation sites (tertiary alicyclic amines) is 1. The van der Waals surface area contributed by atoms with Gasteiger partial charge in [-0.3, -0.25) is 0 Å². The summed E-state index contributed by atoms with van der Waals surface area (Å²) in [5.74, 6) is 0.00729. The van der Waals surface area contributed by atoms with Crippen molar-refractivity contribution in [2.75, 3.05) is 26.2 Å². The van der Waals surface area contributed by atoms with Gasteiger partial charge >= 0.3 is 11.3 Å². The number of fused-ring (bicyclic) bond motifs is 3. The molecule has 5 aromatic rings. The zero-order valence-corrected chi connectivity index (χ0v) is 20.4. The number of nitrogens with zero attached hydrogens (tertiary/aromatic N) is 5. The van der Waals surface area contributed by atoms with E-state index in [2.05, 4.69) is 25.2 Å². The van der Waals surface area contributed by atoms with Crippen LogP contribution in [0.1, 0.15) is 36.8 Å². The summed E-state index contributed by atoms with van der Waals surface area (Å²) in [4.78, 5) is 30.0. The molecule has 0 N–H and O–H groups in total. The first-order valence-corrected chi connectivity index (χ1v) is 12.5. The maximum atomic E-state index is 14.4. The fraction of sp³-hybridized carbons (Fsp3) is 0.391. The minimum atomic E-state index is -1.27. The van der Waals surface area contributed by atoms with E-state index in [4.69, 9.17) is 22.5 Å². The number of halogens is 1. The maximum absolute atomic E-state index is 14.4. The molecule has 0 aliphatic carbocycles. The zero-order chi connectivity index (χ0) is 25.5. The van der Waals surface area contributed by atoms with Gasteiger partial charge in [-0.05, 0) is 32.4 Å². The van der Waals surface area contributed by atoms with Crippen LogP contribution in [0.3, 0.4) is 0 Å². The van der Waals surface area contributed by atoms with Crippen molar-refractivity contribution in [1.82, 2.24) is 25.2 Å². The quantitative estimate of drug-likeness (QED) is 0.224. The first kappa shape index (κ1) is 23.5. The van der Waals surface area contributed by atoms with Crippen LogP contribution in [0.25, 0.3) is 33.7 Å². The molecule has 0 saturated carbocycles. The number of aromatic nitrogens is 4. The van der Waals surface area contributed by atoms with Crippen molar-refractivity contribution >= 4 is 33.5 Å². The van der Waals surface area contributed by atoms with Gasteiger partial charge < -0.3 is 27.4 Å². The summed E-state index contributed by atoms with van der Waals surface area (Å²) in [5.41, 5.74) is -1.75. The number of thiazole rings is 1. The van der Waals surface area contributed by atoms with Gasteiger partial charge in [0.15, 0.2) is 17.0 Å². The van der Waals surface area contributed by atoms with Crippen molar-refractivity contribution in [1.29, 1.82) is 0 Å². The number of hydrogen-bond donors (Lipinski definition) is 0. The van der Waals surface area contributed by atoms with Gasteiger partial charge in [0.1, 0.15) is 5.69 Å². The highest BCUT2D eigenvalue weighted by atomic mass is 32.1. The lowest BCUT2D eigenvalue weighted by molar-refractivity contribution is 0.190. The molecule has 1 aliphatic heterocycles. The molecule has 1 fully saturated rings. The molecule has 12 nitrogen and oxygen atoms in total. The standard InChI is InChI=1S/C23H20FN5O7S/c1-11-26-27-20(33-11)14-10-37-23(25-14)32-8-2-5-29-6-3-12(4-7-29)17-16-15(36-28-17)9-13(24)18-19(16)35-22(31)21(30)34-18/h9-10,12H,2-8H2,1H3. The van der Waals surface area contributed by atoms with Crippen LogP contribution in [0, 0.1) is 12.7 Å². The predicted octanol–water partition coefficient (Wildman–Crippen LogP) is 3.49. The average molecular weight is 530 g/mol. The molecule has 6 rings (SSSR count). The maximum Gasteiger partial charge on any atom is 0.423 e. The highest BCUT2D eigenvalue weighted by molar-refractivity contribution is 7.11. The lowest BCUT2D eigenvalue weighted by Crippen LogP contribution is -2.34. The van der Waals surface area contributed by atoms with E-state index in [1.54, 1.807) is 6.92 Å². The van der Waals surface area contributed by atoms with Gasteiger partial charge in [-0.25, -0.2) is 14.0 Å². The molecule has 14 heteroatoms. The van der Waals surface area contributed by atoms with E-state index in [1.807, 2.05) is 5.38 Å². The van der Waals surface area contributed by atoms with Crippen LogP contribution in [-0.4, -0.2) is 51.5 Å². The fourth-order valence-electron chi connectivity index (χ4n) is 4.48. The normalized spacial score (nSPS) is 15.2. The Balaban J connectivity index is 1.06. The molecule has 5 heterocycles. The Labute approximate surface area is 210 Å². The summed E-state index contributed by atoms with van der Waals surface area (Å²) < 4.78 is 40.7. The molecule has 0 bridgehead atoms. The van der Waals surface area contributed by atoms with Crippen LogP contribution in [0.5, 0.6) is 5.19 Å². The van der Waals surface area contributed by atoms with E-state index >= 15 is 0 Å². The van der Waals surface area contributed by atoms with Gasteiger partial charge in [0.25, 0.3) is 11.1 Å². The Morgan fingerprint density at radius 2 is 1.92 bits per heavy atom. The lowest BCUT2D eigenvalue weighted by atomic mass is 9.91. The molecule has 0 radical (unpaired) electrons. The molecule has 1 aromatic carbocycles. The van der Waals surface area contributed by atoms with E-state index in [0.717, 1.165) is 45.0 Å².